The van der Waals surface area contributed by atoms with Crippen molar-refractivity contribution in [3.05, 3.63) is 71.8 Å². The van der Waals surface area contributed by atoms with Gasteiger partial charge >= 0.3 is 6.03 Å². The number of benzene rings is 2. The minimum atomic E-state index is -0.995. The molecule has 35 heavy (non-hydrogen) atoms. The maximum atomic E-state index is 13.2. The molecule has 2 unspecified atom stereocenters. The number of nitrogens with one attached hydrogen (secondary N) is 2. The summed E-state index contributed by atoms with van der Waals surface area (Å²) in [6, 6.07) is 20.2. The summed E-state index contributed by atoms with van der Waals surface area (Å²) in [5.74, 6) is 0.454. The summed E-state index contributed by atoms with van der Waals surface area (Å²) in [4.78, 5) is 29.6. The number of nitrogens with zero attached hydrogens (tertiary/aromatic N) is 3. The lowest BCUT2D eigenvalue weighted by molar-refractivity contribution is -0.136. The van der Waals surface area contributed by atoms with Crippen LogP contribution in [0.5, 0.6) is 0 Å². The monoisotopic (exact) mass is 477 g/mol. The van der Waals surface area contributed by atoms with Gasteiger partial charge in [0.05, 0.1) is 18.8 Å². The van der Waals surface area contributed by atoms with Gasteiger partial charge in [0.15, 0.2) is 0 Å². The number of urea groups is 1. The second kappa shape index (κ2) is 9.97. The van der Waals surface area contributed by atoms with E-state index in [1.54, 1.807) is 9.91 Å². The summed E-state index contributed by atoms with van der Waals surface area (Å²) in [6.07, 6.45) is 1.28. The molecule has 0 spiro atoms. The van der Waals surface area contributed by atoms with E-state index in [2.05, 4.69) is 41.9 Å². The Morgan fingerprint density at radius 2 is 1.74 bits per heavy atom. The van der Waals surface area contributed by atoms with Gasteiger partial charge in [0.25, 0.3) is 0 Å². The summed E-state index contributed by atoms with van der Waals surface area (Å²) >= 11 is 0. The molecule has 186 valence electrons. The summed E-state index contributed by atoms with van der Waals surface area (Å²) in [5.41, 5.74) is 4.59. The van der Waals surface area contributed by atoms with Crippen molar-refractivity contribution < 1.29 is 14.7 Å². The van der Waals surface area contributed by atoms with Crippen molar-refractivity contribution in [2.24, 2.45) is 0 Å². The van der Waals surface area contributed by atoms with Gasteiger partial charge in [-0.2, -0.15) is 0 Å². The number of amides is 3. The van der Waals surface area contributed by atoms with Gasteiger partial charge in [0.2, 0.25) is 5.91 Å². The third kappa shape index (κ3) is 5.05. The van der Waals surface area contributed by atoms with Crippen molar-refractivity contribution in [3.8, 4) is 0 Å². The van der Waals surface area contributed by atoms with Gasteiger partial charge in [-0.05, 0) is 29.9 Å². The van der Waals surface area contributed by atoms with Crippen molar-refractivity contribution in [1.82, 2.24) is 25.6 Å². The molecular formula is C27H35N5O3. The minimum Gasteiger partial charge on any atom is -0.388 e. The zero-order valence-electron chi connectivity index (χ0n) is 20.3. The molecule has 0 bridgehead atoms. The third-order valence-corrected chi connectivity index (χ3v) is 7.72. The topological polar surface area (TPSA) is 88.2 Å². The molecular weight excluding hydrogens is 442 g/mol. The zero-order chi connectivity index (χ0) is 24.4. The molecule has 3 aliphatic heterocycles. The number of hydrogen-bond donors (Lipinski definition) is 3. The lowest BCUT2D eigenvalue weighted by Gasteiger charge is -2.45. The molecule has 3 aliphatic rings. The summed E-state index contributed by atoms with van der Waals surface area (Å²) in [7, 11) is 0. The van der Waals surface area contributed by atoms with Gasteiger partial charge in [-0.25, -0.2) is 15.2 Å². The second-order valence-electron chi connectivity index (χ2n) is 10.2. The van der Waals surface area contributed by atoms with Gasteiger partial charge in [-0.1, -0.05) is 67.6 Å². The van der Waals surface area contributed by atoms with Crippen LogP contribution >= 0.6 is 0 Å². The van der Waals surface area contributed by atoms with Crippen molar-refractivity contribution in [2.45, 2.75) is 49.8 Å². The Bertz CT molecular complexity index is 1030. The Morgan fingerprint density at radius 3 is 2.43 bits per heavy atom. The van der Waals surface area contributed by atoms with Crippen LogP contribution in [0.3, 0.4) is 0 Å². The molecule has 3 saturated heterocycles. The normalized spacial score (nSPS) is 24.9. The molecule has 0 aliphatic carbocycles. The molecule has 0 radical (unpaired) electrons. The van der Waals surface area contributed by atoms with E-state index in [0.717, 1.165) is 5.56 Å². The molecule has 2 aromatic rings. The predicted octanol–water partition coefficient (Wildman–Crippen LogP) is 2.45. The first-order valence-electron chi connectivity index (χ1n) is 12.6. The molecule has 3 heterocycles. The molecule has 0 aromatic heterocycles. The fraction of sp³-hybridized carbons (Fsp3) is 0.481. The van der Waals surface area contributed by atoms with E-state index in [1.807, 2.05) is 41.3 Å². The first-order valence-corrected chi connectivity index (χ1v) is 12.6. The lowest BCUT2D eigenvalue weighted by Crippen LogP contribution is -2.65. The number of hydrogen-bond acceptors (Lipinski definition) is 5. The van der Waals surface area contributed by atoms with E-state index < -0.39 is 5.60 Å². The van der Waals surface area contributed by atoms with Crippen LogP contribution < -0.4 is 10.7 Å². The maximum absolute atomic E-state index is 13.2. The highest BCUT2D eigenvalue weighted by molar-refractivity contribution is 5.77. The van der Waals surface area contributed by atoms with E-state index in [-0.39, 0.29) is 36.5 Å². The Hall–Kier alpha value is -2.94. The Kier molecular flexibility index (Phi) is 6.77. The van der Waals surface area contributed by atoms with Crippen LogP contribution in [-0.2, 0) is 4.79 Å². The number of carbonyl (C=O) groups is 2. The Balaban J connectivity index is 1.13. The molecule has 3 N–H and O–H groups in total. The molecule has 3 atom stereocenters. The molecule has 8 heteroatoms. The van der Waals surface area contributed by atoms with Crippen molar-refractivity contribution in [3.63, 3.8) is 0 Å². The lowest BCUT2D eigenvalue weighted by atomic mass is 9.90. The molecule has 2 aromatic carbocycles. The second-order valence-corrected chi connectivity index (χ2v) is 10.2. The van der Waals surface area contributed by atoms with Crippen molar-refractivity contribution >= 4 is 11.9 Å². The highest BCUT2D eigenvalue weighted by Gasteiger charge is 2.45. The fourth-order valence-electron chi connectivity index (χ4n) is 5.53. The molecule has 0 saturated carbocycles. The summed E-state index contributed by atoms with van der Waals surface area (Å²) in [6.45, 7) is 4.42. The number of likely N-dealkylation sites (tertiary alicyclic amines) is 1. The zero-order valence-corrected chi connectivity index (χ0v) is 20.3. The highest BCUT2D eigenvalue weighted by Crippen LogP contribution is 2.31. The Labute approximate surface area is 206 Å². The van der Waals surface area contributed by atoms with E-state index in [9.17, 15) is 14.7 Å². The largest absolute Gasteiger partial charge is 0.388 e. The minimum absolute atomic E-state index is 0.109. The smallest absolute Gasteiger partial charge is 0.337 e. The average molecular weight is 478 g/mol. The average Bonchev–Trinajstić information content (AvgIpc) is 3.32. The summed E-state index contributed by atoms with van der Waals surface area (Å²) in [5, 5.41) is 16.4. The van der Waals surface area contributed by atoms with Crippen LogP contribution in [-0.4, -0.2) is 76.5 Å². The van der Waals surface area contributed by atoms with Crippen LogP contribution in [0.2, 0.25) is 0 Å². The highest BCUT2D eigenvalue weighted by atomic mass is 16.3. The SMILES string of the molecule is C[C@H](CC(=O)N1CCC(O)(CN2CNC3C(c4ccccc4)CNN3C2=O)CC1)c1ccccc1. The van der Waals surface area contributed by atoms with Gasteiger partial charge in [-0.3, -0.25) is 10.1 Å². The van der Waals surface area contributed by atoms with Crippen LogP contribution in [0.25, 0.3) is 0 Å². The fourth-order valence-corrected chi connectivity index (χ4v) is 5.53. The standard InChI is InChI=1S/C27H35N5O3/c1-20(21-8-4-2-5-9-21)16-24(33)30-14-12-27(35,13-15-30)18-31-19-28-25-23(17-29-32(25)26(31)34)22-10-6-3-7-11-22/h2-11,20,23,25,28-29,35H,12-19H2,1H3/t20-,23?,25?/m1/s1. The predicted molar refractivity (Wildman–Crippen MR) is 133 cm³/mol. The number of fused-ring (bicyclic) bond motifs is 1. The third-order valence-electron chi connectivity index (χ3n) is 7.72. The van der Waals surface area contributed by atoms with E-state index >= 15 is 0 Å². The molecule has 5 rings (SSSR count). The van der Waals surface area contributed by atoms with Gasteiger partial charge in [0.1, 0.15) is 6.17 Å². The van der Waals surface area contributed by atoms with Gasteiger partial charge in [0, 0.05) is 32.0 Å². The number of β-amino-alcohol motifs (C(OH)–C–C–N with tert-alkyl or cyclic N) is 1. The summed E-state index contributed by atoms with van der Waals surface area (Å²) < 4.78 is 0. The van der Waals surface area contributed by atoms with E-state index in [4.69, 9.17) is 0 Å². The number of hydrazine groups is 1. The van der Waals surface area contributed by atoms with Crippen LogP contribution in [0.4, 0.5) is 4.79 Å². The maximum Gasteiger partial charge on any atom is 0.337 e. The molecule has 3 fully saturated rings. The van der Waals surface area contributed by atoms with Crippen LogP contribution in [0.1, 0.15) is 49.1 Å². The first kappa shape index (κ1) is 23.8. The van der Waals surface area contributed by atoms with E-state index in [0.29, 0.717) is 45.6 Å². The van der Waals surface area contributed by atoms with Crippen LogP contribution in [0.15, 0.2) is 60.7 Å². The van der Waals surface area contributed by atoms with E-state index in [1.165, 1.54) is 5.56 Å². The number of aliphatic hydroxyl groups is 1. The van der Waals surface area contributed by atoms with Crippen molar-refractivity contribution in [2.75, 3.05) is 32.8 Å². The number of carbonyl (C=O) groups excluding carboxylic acids is 2. The number of piperidine rings is 1. The Morgan fingerprint density at radius 1 is 1.09 bits per heavy atom. The number of rotatable bonds is 6. The van der Waals surface area contributed by atoms with Gasteiger partial charge in [-0.15, -0.1) is 0 Å². The van der Waals surface area contributed by atoms with Gasteiger partial charge < -0.3 is 14.9 Å². The van der Waals surface area contributed by atoms with Crippen molar-refractivity contribution in [1.29, 1.82) is 0 Å². The molecule has 8 nitrogen and oxygen atoms in total. The quantitative estimate of drug-likeness (QED) is 0.595. The van der Waals surface area contributed by atoms with Crippen LogP contribution in [0, 0.1) is 0 Å². The first-order chi connectivity index (χ1) is 16.9. The molecule has 3 amide bonds.